The van der Waals surface area contributed by atoms with Gasteiger partial charge in [0, 0.05) is 18.4 Å². The van der Waals surface area contributed by atoms with E-state index >= 15 is 0 Å². The van der Waals surface area contributed by atoms with Crippen LogP contribution in [-0.4, -0.2) is 34.7 Å². The molecule has 22 heavy (non-hydrogen) atoms. The molecule has 1 aromatic carbocycles. The van der Waals surface area contributed by atoms with Crippen molar-refractivity contribution in [3.63, 3.8) is 0 Å². The highest BCUT2D eigenvalue weighted by molar-refractivity contribution is 5.88. The lowest BCUT2D eigenvalue weighted by Crippen LogP contribution is -2.17. The van der Waals surface area contributed by atoms with Gasteiger partial charge < -0.3 is 0 Å². The zero-order valence-corrected chi connectivity index (χ0v) is 12.6. The molecule has 1 saturated heterocycles. The Balaban J connectivity index is 0.000000164. The van der Waals surface area contributed by atoms with Gasteiger partial charge in [-0.15, -0.1) is 0 Å². The van der Waals surface area contributed by atoms with E-state index in [-0.39, 0.29) is 0 Å². The molecule has 1 aliphatic heterocycles. The number of benzene rings is 1. The van der Waals surface area contributed by atoms with E-state index in [1.807, 2.05) is 18.5 Å². The smallest absolute Gasteiger partial charge is 0.299 e. The number of rotatable bonds is 2. The van der Waals surface area contributed by atoms with Crippen molar-refractivity contribution in [2.24, 2.45) is 0 Å². The summed E-state index contributed by atoms with van der Waals surface area (Å²) < 4.78 is 0. The van der Waals surface area contributed by atoms with Crippen LogP contribution in [0, 0.1) is 0 Å². The van der Waals surface area contributed by atoms with Gasteiger partial charge >= 0.3 is 5.97 Å². The fraction of sp³-hybridized carbons (Fsp3) is 0.294. The summed E-state index contributed by atoms with van der Waals surface area (Å²) in [6.07, 6.45) is 6.41. The average Bonchev–Trinajstić information content (AvgIpc) is 3.02. The molecule has 0 aliphatic carbocycles. The molecule has 1 fully saturated rings. The van der Waals surface area contributed by atoms with Crippen LogP contribution < -0.4 is 0 Å². The highest BCUT2D eigenvalue weighted by Crippen LogP contribution is 2.29. The Labute approximate surface area is 130 Å². The molecule has 1 aliphatic rings. The molecule has 0 bridgehead atoms. The van der Waals surface area contributed by atoms with Gasteiger partial charge in [0.1, 0.15) is 0 Å². The Morgan fingerprint density at radius 1 is 1.27 bits per heavy atom. The summed E-state index contributed by atoms with van der Waals surface area (Å²) in [6.45, 7) is 1.22. The second-order valence-electron chi connectivity index (χ2n) is 5.17. The standard InChI is InChI=1S/C10H14N2.C7H6O3/c1-12-7-3-5-10(12)9-4-2-6-11-8-9;8-7(10-9)6-4-2-1-3-5-6/h2,4,6,8,10H,3,5,7H2,1H3;1-5,9H/t10-;/m0./s1. The Morgan fingerprint density at radius 2 is 2.05 bits per heavy atom. The van der Waals surface area contributed by atoms with E-state index in [0.29, 0.717) is 11.6 Å². The maximum atomic E-state index is 10.5. The van der Waals surface area contributed by atoms with Gasteiger partial charge in [-0.3, -0.25) is 14.8 Å². The summed E-state index contributed by atoms with van der Waals surface area (Å²) in [5.41, 5.74) is 1.70. The first-order valence-corrected chi connectivity index (χ1v) is 7.23. The molecule has 0 saturated carbocycles. The van der Waals surface area contributed by atoms with Crippen LogP contribution in [0.4, 0.5) is 0 Å². The molecule has 1 N–H and O–H groups in total. The third kappa shape index (κ3) is 4.38. The SMILES string of the molecule is CN1CCC[C@H]1c1cccnc1.O=C(OO)c1ccccc1. The van der Waals surface area contributed by atoms with Crippen LogP contribution in [-0.2, 0) is 4.89 Å². The number of likely N-dealkylation sites (tertiary alicyclic amines) is 1. The van der Waals surface area contributed by atoms with Crippen molar-refractivity contribution in [1.29, 1.82) is 0 Å². The summed E-state index contributed by atoms with van der Waals surface area (Å²) in [5, 5.41) is 7.94. The molecule has 0 amide bonds. The minimum atomic E-state index is -0.736. The second-order valence-corrected chi connectivity index (χ2v) is 5.17. The van der Waals surface area contributed by atoms with E-state index in [1.165, 1.54) is 24.9 Å². The summed E-state index contributed by atoms with van der Waals surface area (Å²) in [7, 11) is 2.19. The van der Waals surface area contributed by atoms with Gasteiger partial charge in [0.05, 0.1) is 5.56 Å². The molecule has 0 spiro atoms. The molecule has 1 aromatic heterocycles. The molecular weight excluding hydrogens is 280 g/mol. The summed E-state index contributed by atoms with van der Waals surface area (Å²) in [6, 6.07) is 13.0. The molecular formula is C17H20N2O3. The zero-order valence-electron chi connectivity index (χ0n) is 12.6. The average molecular weight is 300 g/mol. The topological polar surface area (TPSA) is 62.7 Å². The van der Waals surface area contributed by atoms with Crippen molar-refractivity contribution in [2.75, 3.05) is 13.6 Å². The monoisotopic (exact) mass is 300 g/mol. The van der Waals surface area contributed by atoms with E-state index in [2.05, 4.69) is 27.9 Å². The highest BCUT2D eigenvalue weighted by atomic mass is 17.1. The van der Waals surface area contributed by atoms with E-state index in [1.54, 1.807) is 30.3 Å². The minimum absolute atomic E-state index is 0.338. The van der Waals surface area contributed by atoms with Gasteiger partial charge in [-0.25, -0.2) is 4.79 Å². The van der Waals surface area contributed by atoms with Crippen LogP contribution in [0.2, 0.25) is 0 Å². The molecule has 116 valence electrons. The lowest BCUT2D eigenvalue weighted by atomic mass is 10.1. The minimum Gasteiger partial charge on any atom is -0.299 e. The molecule has 2 heterocycles. The Kier molecular flexibility index (Phi) is 6.06. The molecule has 5 nitrogen and oxygen atoms in total. The molecule has 1 atom stereocenters. The van der Waals surface area contributed by atoms with Crippen LogP contribution >= 0.6 is 0 Å². The third-order valence-electron chi connectivity index (χ3n) is 3.68. The Bertz CT molecular complexity index is 575. The number of nitrogens with zero attached hydrogens (tertiary/aromatic N) is 2. The normalized spacial score (nSPS) is 17.5. The Hall–Kier alpha value is -2.24. The van der Waals surface area contributed by atoms with Crippen LogP contribution in [0.5, 0.6) is 0 Å². The predicted octanol–water partition coefficient (Wildman–Crippen LogP) is 3.16. The van der Waals surface area contributed by atoms with Crippen molar-refractivity contribution in [1.82, 2.24) is 9.88 Å². The maximum Gasteiger partial charge on any atom is 0.372 e. The number of aromatic nitrogens is 1. The summed E-state index contributed by atoms with van der Waals surface area (Å²) >= 11 is 0. The lowest BCUT2D eigenvalue weighted by molar-refractivity contribution is -0.182. The summed E-state index contributed by atoms with van der Waals surface area (Å²) in [4.78, 5) is 20.6. The van der Waals surface area contributed by atoms with Crippen molar-refractivity contribution in [3.05, 3.63) is 66.0 Å². The van der Waals surface area contributed by atoms with Gasteiger partial charge in [-0.2, -0.15) is 5.26 Å². The lowest BCUT2D eigenvalue weighted by Gasteiger charge is -2.18. The molecule has 0 unspecified atom stereocenters. The van der Waals surface area contributed by atoms with E-state index in [0.717, 1.165) is 0 Å². The van der Waals surface area contributed by atoms with Gasteiger partial charge in [-0.05, 0) is 50.2 Å². The molecule has 5 heteroatoms. The first-order valence-electron chi connectivity index (χ1n) is 7.23. The van der Waals surface area contributed by atoms with Gasteiger partial charge in [0.2, 0.25) is 0 Å². The first-order chi connectivity index (χ1) is 10.7. The predicted molar refractivity (Wildman–Crippen MR) is 83.3 cm³/mol. The van der Waals surface area contributed by atoms with E-state index in [9.17, 15) is 4.79 Å². The van der Waals surface area contributed by atoms with Crippen LogP contribution in [0.1, 0.15) is 34.8 Å². The van der Waals surface area contributed by atoms with Crippen molar-refractivity contribution in [3.8, 4) is 0 Å². The van der Waals surface area contributed by atoms with E-state index < -0.39 is 5.97 Å². The number of hydrogen-bond acceptors (Lipinski definition) is 5. The van der Waals surface area contributed by atoms with Crippen molar-refractivity contribution in [2.45, 2.75) is 18.9 Å². The largest absolute Gasteiger partial charge is 0.372 e. The quantitative estimate of drug-likeness (QED) is 0.682. The Morgan fingerprint density at radius 3 is 2.59 bits per heavy atom. The molecule has 3 rings (SSSR count). The third-order valence-corrected chi connectivity index (χ3v) is 3.68. The highest BCUT2D eigenvalue weighted by Gasteiger charge is 2.21. The second kappa shape index (κ2) is 8.26. The fourth-order valence-electron chi connectivity index (χ4n) is 2.53. The fourth-order valence-corrected chi connectivity index (χ4v) is 2.53. The number of pyridine rings is 1. The summed E-state index contributed by atoms with van der Waals surface area (Å²) in [5.74, 6) is -0.736. The van der Waals surface area contributed by atoms with Crippen LogP contribution in [0.25, 0.3) is 0 Å². The van der Waals surface area contributed by atoms with Gasteiger partial charge in [0.25, 0.3) is 0 Å². The number of carbonyl (C=O) groups is 1. The zero-order chi connectivity index (χ0) is 15.8. The van der Waals surface area contributed by atoms with Gasteiger partial charge in [0.15, 0.2) is 0 Å². The maximum absolute atomic E-state index is 10.5. The van der Waals surface area contributed by atoms with Crippen LogP contribution in [0.3, 0.4) is 0 Å². The number of carbonyl (C=O) groups excluding carboxylic acids is 1. The number of hydrogen-bond donors (Lipinski definition) is 1. The van der Waals surface area contributed by atoms with Gasteiger partial charge in [-0.1, -0.05) is 24.3 Å². The first kappa shape index (κ1) is 16.1. The van der Waals surface area contributed by atoms with Crippen LogP contribution in [0.15, 0.2) is 54.9 Å². The molecule has 0 radical (unpaired) electrons. The van der Waals surface area contributed by atoms with E-state index in [4.69, 9.17) is 5.26 Å². The molecule has 2 aromatic rings. The van der Waals surface area contributed by atoms with Crippen molar-refractivity contribution >= 4 is 5.97 Å². The van der Waals surface area contributed by atoms with Crippen molar-refractivity contribution < 1.29 is 14.9 Å².